The van der Waals surface area contributed by atoms with Crippen LogP contribution in [0.3, 0.4) is 0 Å². The summed E-state index contributed by atoms with van der Waals surface area (Å²) in [6, 6.07) is 0. The van der Waals surface area contributed by atoms with E-state index in [9.17, 15) is 4.79 Å². The fraction of sp³-hybridized carbons (Fsp3) is 0.667. The second kappa shape index (κ2) is 9.00. The predicted octanol–water partition coefficient (Wildman–Crippen LogP) is 2.12. The summed E-state index contributed by atoms with van der Waals surface area (Å²) in [6.45, 7) is 12.6. The molecule has 0 rings (SSSR count). The zero-order chi connectivity index (χ0) is 10.9. The molecule has 0 aliphatic carbocycles. The molecule has 2 nitrogen and oxygen atoms in total. The molecule has 0 heterocycles. The molecule has 0 saturated carbocycles. The van der Waals surface area contributed by atoms with Crippen LogP contribution in [0.2, 0.25) is 19.6 Å². The number of rotatable bonds is 3. The average Bonchev–Trinajstić information content (AvgIpc) is 1.97. The number of ether oxygens (including phenoxy) is 1. The van der Waals surface area contributed by atoms with Crippen LogP contribution in [0.1, 0.15) is 13.3 Å². The molecule has 0 aliphatic rings. The van der Waals surface area contributed by atoms with E-state index in [1.807, 2.05) is 0 Å². The van der Waals surface area contributed by atoms with Crippen molar-refractivity contribution < 1.29 is 9.53 Å². The van der Waals surface area contributed by atoms with Crippen molar-refractivity contribution in [3.8, 4) is 0 Å². The van der Waals surface area contributed by atoms with Crippen molar-refractivity contribution in [1.29, 1.82) is 0 Å². The van der Waals surface area contributed by atoms with E-state index in [2.05, 4.69) is 31.0 Å². The zero-order valence-corrected chi connectivity index (χ0v) is 12.5. The Kier molecular flexibility index (Phi) is 11.0. The molecular formula is C9H19NaO2Si. The van der Waals surface area contributed by atoms with Crippen molar-refractivity contribution in [3.63, 3.8) is 0 Å². The third kappa shape index (κ3) is 32.7. The first kappa shape index (κ1) is 15.9. The van der Waals surface area contributed by atoms with Gasteiger partial charge in [-0.3, -0.25) is 4.79 Å². The summed E-state index contributed by atoms with van der Waals surface area (Å²) in [6.07, 6.45) is 1.99. The van der Waals surface area contributed by atoms with Crippen LogP contribution in [0.25, 0.3) is 0 Å². The van der Waals surface area contributed by atoms with E-state index >= 15 is 0 Å². The van der Waals surface area contributed by atoms with Gasteiger partial charge < -0.3 is 4.74 Å². The van der Waals surface area contributed by atoms with E-state index in [0.717, 1.165) is 0 Å². The van der Waals surface area contributed by atoms with E-state index in [1.54, 1.807) is 13.0 Å². The first-order valence-electron chi connectivity index (χ1n) is 4.57. The van der Waals surface area contributed by atoms with Crippen LogP contribution in [0.15, 0.2) is 12.7 Å². The maximum atomic E-state index is 10.3. The fourth-order valence-corrected chi connectivity index (χ4v) is 0.254. The normalized spacial score (nSPS) is 9.69. The molecule has 0 saturated heterocycles. The molecule has 0 atom stereocenters. The third-order valence-corrected chi connectivity index (χ3v) is 0.651. The van der Waals surface area contributed by atoms with Gasteiger partial charge in [-0.1, -0.05) is 19.6 Å². The molecule has 4 heteroatoms. The second-order valence-electron chi connectivity index (χ2n) is 4.33. The summed E-state index contributed by atoms with van der Waals surface area (Å²) in [5.74, 6) is -0.176. The number of carbonyl (C=O) groups excluding carboxylic acids is 1. The quantitative estimate of drug-likeness (QED) is 0.405. The molecule has 0 aliphatic heterocycles. The van der Waals surface area contributed by atoms with Crippen LogP contribution < -0.4 is 0 Å². The first-order valence-corrected chi connectivity index (χ1v) is 11.6. The van der Waals surface area contributed by atoms with E-state index in [0.29, 0.717) is 13.0 Å². The van der Waals surface area contributed by atoms with Crippen molar-refractivity contribution in [2.24, 2.45) is 0 Å². The number of carbonyl (C=O) groups is 1. The summed E-state index contributed by atoms with van der Waals surface area (Å²) >= 11 is 1.45. The van der Waals surface area contributed by atoms with Gasteiger partial charge >= 0.3 is 57.3 Å². The summed E-state index contributed by atoms with van der Waals surface area (Å²) in [7, 11) is 0. The summed E-state index contributed by atoms with van der Waals surface area (Å²) in [5, 5.41) is 0. The van der Waals surface area contributed by atoms with Crippen LogP contribution in [0, 0.1) is 0 Å². The third-order valence-electron chi connectivity index (χ3n) is 0.651. The maximum absolute atomic E-state index is 10.3. The van der Waals surface area contributed by atoms with E-state index in [-0.39, 0.29) is 5.97 Å². The van der Waals surface area contributed by atoms with Crippen LogP contribution in [-0.2, 0) is 9.53 Å². The summed E-state index contributed by atoms with van der Waals surface area (Å²) in [4.78, 5) is 10.3. The molecule has 0 aromatic rings. The van der Waals surface area contributed by atoms with Crippen LogP contribution in [-0.4, -0.2) is 44.2 Å². The van der Waals surface area contributed by atoms with Crippen molar-refractivity contribution in [2.75, 3.05) is 6.61 Å². The topological polar surface area (TPSA) is 26.3 Å². The van der Waals surface area contributed by atoms with Gasteiger partial charge in [0, 0.05) is 6.42 Å². The van der Waals surface area contributed by atoms with Crippen LogP contribution >= 0.6 is 0 Å². The monoisotopic (exact) mass is 210 g/mol. The molecule has 0 amide bonds. The second-order valence-corrected chi connectivity index (χ2v) is 19.3. The molecule has 0 radical (unpaired) electrons. The van der Waals surface area contributed by atoms with Crippen LogP contribution in [0.5, 0.6) is 0 Å². The standard InChI is InChI=1S/C6H10O2.C3H9Si.Na/c1-3-5-8-6(7)4-2;1-4(2)3;/h3H,1,4-5H2,2H3;1-3H3;. The molecule has 0 fully saturated rings. The van der Waals surface area contributed by atoms with Gasteiger partial charge in [-0.25, -0.2) is 0 Å². The van der Waals surface area contributed by atoms with Crippen molar-refractivity contribution in [1.82, 2.24) is 0 Å². The Morgan fingerprint density at radius 2 is 1.92 bits per heavy atom. The van der Waals surface area contributed by atoms with Gasteiger partial charge in [0.05, 0.1) is 0 Å². The Balaban J connectivity index is 0. The molecular weight excluding hydrogens is 191 g/mol. The van der Waals surface area contributed by atoms with E-state index in [1.165, 1.54) is 27.0 Å². The molecule has 0 aromatic heterocycles. The van der Waals surface area contributed by atoms with Crippen LogP contribution in [0.4, 0.5) is 0 Å². The minimum absolute atomic E-state index is 0.176. The van der Waals surface area contributed by atoms with Crippen molar-refractivity contribution in [2.45, 2.75) is 33.0 Å². The van der Waals surface area contributed by atoms with Gasteiger partial charge in [0.15, 0.2) is 0 Å². The predicted molar refractivity (Wildman–Crippen MR) is 60.5 cm³/mol. The number of hydrogen-bond donors (Lipinski definition) is 0. The molecule has 0 unspecified atom stereocenters. The van der Waals surface area contributed by atoms with E-state index in [4.69, 9.17) is 0 Å². The molecule has 0 bridgehead atoms. The summed E-state index contributed by atoms with van der Waals surface area (Å²) in [5.41, 5.74) is 0. The molecule has 0 aromatic carbocycles. The Hall–Kier alpha value is 0.427. The van der Waals surface area contributed by atoms with E-state index < -0.39 is 4.63 Å². The molecule has 0 spiro atoms. The minimum atomic E-state index is -0.472. The Morgan fingerprint density at radius 1 is 1.54 bits per heavy atom. The molecule has 13 heavy (non-hydrogen) atoms. The number of hydrogen-bond acceptors (Lipinski definition) is 2. The van der Waals surface area contributed by atoms with Gasteiger partial charge in [-0.15, -0.1) is 0 Å². The average molecular weight is 210 g/mol. The molecule has 0 N–H and O–H groups in total. The van der Waals surface area contributed by atoms with Gasteiger partial charge in [0.25, 0.3) is 0 Å². The van der Waals surface area contributed by atoms with Crippen molar-refractivity contribution in [3.05, 3.63) is 12.7 Å². The van der Waals surface area contributed by atoms with Gasteiger partial charge in [0.1, 0.15) is 6.61 Å². The Morgan fingerprint density at radius 3 is 2.15 bits per heavy atom. The van der Waals surface area contributed by atoms with Gasteiger partial charge in [-0.2, -0.15) is 0 Å². The van der Waals surface area contributed by atoms with Crippen molar-refractivity contribution >= 4 is 37.6 Å². The SMILES string of the molecule is C=CCOC(=O)CC.C[Si](C)(C)[Na]. The van der Waals surface area contributed by atoms with Gasteiger partial charge in [0.2, 0.25) is 0 Å². The Bertz CT molecular complexity index is 146. The molecule has 72 valence electrons. The first-order chi connectivity index (χ1) is 5.81. The summed E-state index contributed by atoms with van der Waals surface area (Å²) < 4.78 is 4.11. The fourth-order valence-electron chi connectivity index (χ4n) is 0.254. The van der Waals surface area contributed by atoms with Gasteiger partial charge in [-0.05, 0) is 0 Å². The number of esters is 1. The Labute approximate surface area is 98.9 Å². The zero-order valence-electron chi connectivity index (χ0n) is 9.52.